The van der Waals surface area contributed by atoms with Crippen molar-refractivity contribution in [1.82, 2.24) is 23.3 Å². The molecule has 170 valence electrons. The fourth-order valence-electron chi connectivity index (χ4n) is 6.73. The van der Waals surface area contributed by atoms with E-state index in [2.05, 4.69) is 110 Å². The van der Waals surface area contributed by atoms with Gasteiger partial charge in [0.2, 0.25) is 0 Å². The second-order valence-electron chi connectivity index (χ2n) is 9.90. The summed E-state index contributed by atoms with van der Waals surface area (Å²) in [6, 6.07) is 36.6. The average molecular weight is 472 g/mol. The van der Waals surface area contributed by atoms with Gasteiger partial charge >= 0.3 is 0 Å². The van der Waals surface area contributed by atoms with Crippen molar-refractivity contribution < 1.29 is 0 Å². The monoisotopic (exact) mass is 471 g/mol. The summed E-state index contributed by atoms with van der Waals surface area (Å²) in [7, 11) is 0. The van der Waals surface area contributed by atoms with Crippen LogP contribution in [0.25, 0.3) is 82.7 Å². The molecule has 0 saturated carbocycles. The quantitative estimate of drug-likeness (QED) is 0.248. The largest absolute Gasteiger partial charge is 0.308 e. The van der Waals surface area contributed by atoms with Crippen molar-refractivity contribution in [2.45, 2.75) is 0 Å². The Morgan fingerprint density at radius 1 is 0.432 bits per heavy atom. The lowest BCUT2D eigenvalue weighted by atomic mass is 10.1. The molecule has 0 aliphatic rings. The molecule has 5 aromatic heterocycles. The second-order valence-corrected chi connectivity index (χ2v) is 9.90. The Balaban J connectivity index is 1.48. The van der Waals surface area contributed by atoms with E-state index in [1.165, 1.54) is 38.1 Å². The average Bonchev–Trinajstić information content (AvgIpc) is 3.68. The Morgan fingerprint density at radius 3 is 1.92 bits per heavy atom. The summed E-state index contributed by atoms with van der Waals surface area (Å²) < 4.78 is 7.02. The van der Waals surface area contributed by atoms with Crippen molar-refractivity contribution in [3.05, 3.63) is 103 Å². The molecule has 0 saturated heterocycles. The standard InChI is InChI=1S/C32H17N5/c1-4-11-22-18(8-1)19-16-17-27-29-28-25(35(22)30(19)29)14-7-15-26(28)37(27)32-31-33-20-9-2-5-12-23(20)36(31)24-13-6-3-10-21(24)34-32/h1-17H. The molecule has 10 aromatic rings. The minimum absolute atomic E-state index is 0.857. The smallest absolute Gasteiger partial charge is 0.182 e. The van der Waals surface area contributed by atoms with Crippen LogP contribution >= 0.6 is 0 Å². The highest BCUT2D eigenvalue weighted by atomic mass is 15.2. The number of nitrogens with zero attached hydrogens (tertiary/aromatic N) is 5. The van der Waals surface area contributed by atoms with Gasteiger partial charge in [0.15, 0.2) is 11.5 Å². The molecule has 10 rings (SSSR count). The van der Waals surface area contributed by atoms with Gasteiger partial charge in [-0.2, -0.15) is 0 Å². The van der Waals surface area contributed by atoms with Crippen LogP contribution in [0.15, 0.2) is 103 Å². The lowest BCUT2D eigenvalue weighted by molar-refractivity contribution is 1.08. The van der Waals surface area contributed by atoms with E-state index in [0.717, 1.165) is 44.6 Å². The van der Waals surface area contributed by atoms with E-state index >= 15 is 0 Å². The number of imidazole rings is 1. The van der Waals surface area contributed by atoms with Crippen molar-refractivity contribution in [3.8, 4) is 5.82 Å². The third-order valence-electron chi connectivity index (χ3n) is 8.13. The van der Waals surface area contributed by atoms with Crippen LogP contribution < -0.4 is 0 Å². The first kappa shape index (κ1) is 18.2. The molecule has 0 aliphatic carbocycles. The summed E-state index contributed by atoms with van der Waals surface area (Å²) in [4.78, 5) is 10.4. The molecule has 0 unspecified atom stereocenters. The van der Waals surface area contributed by atoms with Gasteiger partial charge < -0.3 is 4.40 Å². The first-order valence-corrected chi connectivity index (χ1v) is 12.5. The van der Waals surface area contributed by atoms with Crippen LogP contribution in [0.4, 0.5) is 0 Å². The van der Waals surface area contributed by atoms with E-state index in [1.54, 1.807) is 0 Å². The summed E-state index contributed by atoms with van der Waals surface area (Å²) in [5.74, 6) is 0.857. The van der Waals surface area contributed by atoms with E-state index in [-0.39, 0.29) is 0 Å². The van der Waals surface area contributed by atoms with E-state index < -0.39 is 0 Å². The number of aromatic nitrogens is 5. The van der Waals surface area contributed by atoms with E-state index in [4.69, 9.17) is 9.97 Å². The van der Waals surface area contributed by atoms with Crippen molar-refractivity contribution in [2.75, 3.05) is 0 Å². The van der Waals surface area contributed by atoms with Crippen LogP contribution in [0.2, 0.25) is 0 Å². The van der Waals surface area contributed by atoms with Crippen LogP contribution in [0.1, 0.15) is 0 Å². The van der Waals surface area contributed by atoms with Crippen molar-refractivity contribution in [3.63, 3.8) is 0 Å². The van der Waals surface area contributed by atoms with Gasteiger partial charge in [-0.25, -0.2) is 9.97 Å². The fourth-order valence-corrected chi connectivity index (χ4v) is 6.73. The molecule has 0 radical (unpaired) electrons. The zero-order valence-electron chi connectivity index (χ0n) is 19.6. The zero-order valence-corrected chi connectivity index (χ0v) is 19.6. The molecule has 5 aromatic carbocycles. The summed E-state index contributed by atoms with van der Waals surface area (Å²) in [6.07, 6.45) is 0. The lowest BCUT2D eigenvalue weighted by Gasteiger charge is -2.12. The van der Waals surface area contributed by atoms with Gasteiger partial charge in [-0.1, -0.05) is 54.6 Å². The number of hydrogen-bond donors (Lipinski definition) is 0. The van der Waals surface area contributed by atoms with Crippen molar-refractivity contribution in [1.29, 1.82) is 0 Å². The van der Waals surface area contributed by atoms with Gasteiger partial charge in [0, 0.05) is 21.5 Å². The van der Waals surface area contributed by atoms with E-state index in [1.807, 2.05) is 6.07 Å². The van der Waals surface area contributed by atoms with Crippen molar-refractivity contribution in [2.24, 2.45) is 0 Å². The van der Waals surface area contributed by atoms with Crippen LogP contribution in [0, 0.1) is 0 Å². The normalized spacial score (nSPS) is 12.9. The predicted molar refractivity (Wildman–Crippen MR) is 151 cm³/mol. The predicted octanol–water partition coefficient (Wildman–Crippen LogP) is 7.57. The van der Waals surface area contributed by atoms with Gasteiger partial charge in [0.25, 0.3) is 0 Å². The summed E-state index contributed by atoms with van der Waals surface area (Å²) in [5, 5.41) is 5.17. The summed E-state index contributed by atoms with van der Waals surface area (Å²) >= 11 is 0. The molecular weight excluding hydrogens is 454 g/mol. The van der Waals surface area contributed by atoms with Crippen molar-refractivity contribution >= 4 is 76.8 Å². The third-order valence-corrected chi connectivity index (χ3v) is 8.13. The summed E-state index contributed by atoms with van der Waals surface area (Å²) in [5.41, 5.74) is 11.0. The van der Waals surface area contributed by atoms with Crippen LogP contribution in [-0.4, -0.2) is 23.3 Å². The number of benzene rings is 5. The molecule has 0 aliphatic heterocycles. The van der Waals surface area contributed by atoms with E-state index in [0.29, 0.717) is 0 Å². The number of rotatable bonds is 1. The molecule has 0 fully saturated rings. The molecule has 0 spiro atoms. The first-order chi connectivity index (χ1) is 18.4. The first-order valence-electron chi connectivity index (χ1n) is 12.5. The molecule has 0 N–H and O–H groups in total. The lowest BCUT2D eigenvalue weighted by Crippen LogP contribution is -2.03. The fraction of sp³-hybridized carbons (Fsp3) is 0. The molecule has 0 amide bonds. The highest BCUT2D eigenvalue weighted by Crippen LogP contribution is 2.46. The van der Waals surface area contributed by atoms with Crippen LogP contribution in [-0.2, 0) is 0 Å². The Bertz CT molecular complexity index is 2520. The topological polar surface area (TPSA) is 39.5 Å². The molecule has 5 nitrogen and oxygen atoms in total. The minimum atomic E-state index is 0.857. The molecule has 0 bridgehead atoms. The molecule has 0 atom stereocenters. The van der Waals surface area contributed by atoms with Crippen LogP contribution in [0.5, 0.6) is 0 Å². The van der Waals surface area contributed by atoms with Gasteiger partial charge in [-0.15, -0.1) is 0 Å². The van der Waals surface area contributed by atoms with E-state index in [9.17, 15) is 0 Å². The van der Waals surface area contributed by atoms with Crippen LogP contribution in [0.3, 0.4) is 0 Å². The maximum atomic E-state index is 5.25. The van der Waals surface area contributed by atoms with Gasteiger partial charge in [-0.3, -0.25) is 8.97 Å². The Hall–Kier alpha value is -5.16. The number of fused-ring (bicyclic) bond motifs is 9. The summed E-state index contributed by atoms with van der Waals surface area (Å²) in [6.45, 7) is 0. The molecule has 5 heteroatoms. The highest BCUT2D eigenvalue weighted by Gasteiger charge is 2.26. The molecule has 5 heterocycles. The third kappa shape index (κ3) is 1.94. The SMILES string of the molecule is c1ccc2c(c1)nc(-n1c3cccc4c3c3c1ccc1c5ccccc5n4c13)c1nc3ccccc3n12. The van der Waals surface area contributed by atoms with Gasteiger partial charge in [-0.05, 0) is 48.5 Å². The minimum Gasteiger partial charge on any atom is -0.308 e. The Labute approximate surface area is 209 Å². The van der Waals surface area contributed by atoms with Gasteiger partial charge in [0.1, 0.15) is 0 Å². The number of para-hydroxylation sites is 5. The zero-order chi connectivity index (χ0) is 23.8. The molecule has 37 heavy (non-hydrogen) atoms. The number of hydrogen-bond acceptors (Lipinski definition) is 2. The Morgan fingerprint density at radius 2 is 1.08 bits per heavy atom. The highest BCUT2D eigenvalue weighted by molar-refractivity contribution is 6.32. The second kappa shape index (κ2) is 5.97. The maximum absolute atomic E-state index is 5.25. The molecular formula is C32H17N5. The maximum Gasteiger partial charge on any atom is 0.182 e. The Kier molecular flexibility index (Phi) is 2.93. The van der Waals surface area contributed by atoms with Gasteiger partial charge in [0.05, 0.1) is 49.7 Å².